The van der Waals surface area contributed by atoms with Crippen molar-refractivity contribution in [2.75, 3.05) is 6.61 Å². The number of aliphatic hydroxyl groups is 1. The van der Waals surface area contributed by atoms with Gasteiger partial charge in [-0.1, -0.05) is 61.9 Å². The molecule has 1 fully saturated rings. The molecule has 0 aromatic heterocycles. The van der Waals surface area contributed by atoms with Gasteiger partial charge in [0.1, 0.15) is 4.21 Å². The maximum atomic E-state index is 13.4. The first kappa shape index (κ1) is 19.6. The number of rotatable bonds is 7. The molecule has 1 unspecified atom stereocenters. The molecule has 0 amide bonds. The standard InChI is InChI=1S/C22H27ClO2S/c1-16(2)20-21(15-24,14-13-18-7-5-4-6-8-18)22(20,23)26(25)19-11-9-17(3)10-12-19/h4-12,16,20,24H,13-15H2,1-3H3/t20-,21-,22-,26?/m1/s1. The molecule has 1 saturated carbocycles. The van der Waals surface area contributed by atoms with Crippen LogP contribution in [0.3, 0.4) is 0 Å². The Morgan fingerprint density at radius 3 is 2.27 bits per heavy atom. The van der Waals surface area contributed by atoms with Gasteiger partial charge in [0.05, 0.1) is 17.4 Å². The lowest BCUT2D eigenvalue weighted by Crippen LogP contribution is -2.24. The average Bonchev–Trinajstić information content (AvgIpc) is 3.21. The predicted molar refractivity (Wildman–Crippen MR) is 109 cm³/mol. The zero-order valence-corrected chi connectivity index (χ0v) is 17.2. The normalized spacial score (nSPS) is 28.9. The maximum absolute atomic E-state index is 13.4. The summed E-state index contributed by atoms with van der Waals surface area (Å²) in [5.41, 5.74) is 1.83. The van der Waals surface area contributed by atoms with Crippen LogP contribution < -0.4 is 0 Å². The van der Waals surface area contributed by atoms with Crippen LogP contribution in [0.2, 0.25) is 0 Å². The molecule has 0 saturated heterocycles. The van der Waals surface area contributed by atoms with Crippen molar-refractivity contribution in [1.29, 1.82) is 0 Å². The van der Waals surface area contributed by atoms with Crippen molar-refractivity contribution in [1.82, 2.24) is 0 Å². The van der Waals surface area contributed by atoms with Crippen LogP contribution >= 0.6 is 11.6 Å². The Bertz CT molecular complexity index is 774. The third kappa shape index (κ3) is 3.15. The summed E-state index contributed by atoms with van der Waals surface area (Å²) in [5, 5.41) is 10.3. The molecule has 2 aromatic rings. The number of aryl methyl sites for hydroxylation is 2. The second-order valence-electron chi connectivity index (χ2n) is 7.75. The van der Waals surface area contributed by atoms with Crippen LogP contribution in [0, 0.1) is 24.2 Å². The Kier molecular flexibility index (Phi) is 5.62. The molecule has 0 aliphatic heterocycles. The number of benzene rings is 2. The van der Waals surface area contributed by atoms with Gasteiger partial charge in [-0.05, 0) is 43.4 Å². The van der Waals surface area contributed by atoms with Crippen LogP contribution in [0.25, 0.3) is 0 Å². The highest BCUT2D eigenvalue weighted by Crippen LogP contribution is 2.73. The summed E-state index contributed by atoms with van der Waals surface area (Å²) in [5.74, 6) is 0.275. The first-order valence-electron chi connectivity index (χ1n) is 9.19. The van der Waals surface area contributed by atoms with Crippen LogP contribution in [0.4, 0.5) is 0 Å². The van der Waals surface area contributed by atoms with Gasteiger partial charge in [-0.25, -0.2) is 0 Å². The molecule has 4 atom stereocenters. The molecular formula is C22H27ClO2S. The van der Waals surface area contributed by atoms with Crippen molar-refractivity contribution in [2.24, 2.45) is 17.3 Å². The molecule has 3 rings (SSSR count). The summed E-state index contributed by atoms with van der Waals surface area (Å²) in [6.45, 7) is 6.18. The average molecular weight is 391 g/mol. The van der Waals surface area contributed by atoms with E-state index in [1.165, 1.54) is 5.56 Å². The van der Waals surface area contributed by atoms with Gasteiger partial charge in [0, 0.05) is 16.2 Å². The summed E-state index contributed by atoms with van der Waals surface area (Å²) >= 11 is 7.06. The molecule has 0 heterocycles. The molecule has 140 valence electrons. The lowest BCUT2D eigenvalue weighted by molar-refractivity contribution is 0.179. The molecule has 1 aliphatic rings. The van der Waals surface area contributed by atoms with Crippen molar-refractivity contribution < 1.29 is 9.32 Å². The van der Waals surface area contributed by atoms with E-state index in [1.54, 1.807) is 0 Å². The fourth-order valence-corrected chi connectivity index (χ4v) is 7.38. The Balaban J connectivity index is 1.90. The summed E-state index contributed by atoms with van der Waals surface area (Å²) in [6, 6.07) is 17.9. The van der Waals surface area contributed by atoms with Crippen molar-refractivity contribution in [3.05, 3.63) is 65.7 Å². The minimum absolute atomic E-state index is 0.0208. The Labute approximate surface area is 164 Å². The largest absolute Gasteiger partial charge is 0.396 e. The highest BCUT2D eigenvalue weighted by Gasteiger charge is 2.79. The highest BCUT2D eigenvalue weighted by atomic mass is 35.5. The van der Waals surface area contributed by atoms with E-state index in [1.807, 2.05) is 49.4 Å². The highest BCUT2D eigenvalue weighted by molar-refractivity contribution is 7.88. The molecule has 4 heteroatoms. The van der Waals surface area contributed by atoms with Crippen molar-refractivity contribution in [3.8, 4) is 0 Å². The first-order valence-corrected chi connectivity index (χ1v) is 10.7. The molecule has 0 radical (unpaired) electrons. The van der Waals surface area contributed by atoms with Gasteiger partial charge in [0.15, 0.2) is 0 Å². The van der Waals surface area contributed by atoms with E-state index >= 15 is 0 Å². The minimum Gasteiger partial charge on any atom is -0.396 e. The molecule has 2 aromatic carbocycles. The summed E-state index contributed by atoms with van der Waals surface area (Å²) in [6.07, 6.45) is 1.56. The van der Waals surface area contributed by atoms with Gasteiger partial charge >= 0.3 is 0 Å². The fourth-order valence-electron chi connectivity index (χ4n) is 4.37. The van der Waals surface area contributed by atoms with E-state index < -0.39 is 20.4 Å². The van der Waals surface area contributed by atoms with E-state index in [0.29, 0.717) is 0 Å². The van der Waals surface area contributed by atoms with E-state index in [0.717, 1.165) is 23.3 Å². The molecule has 26 heavy (non-hydrogen) atoms. The number of aliphatic hydroxyl groups excluding tert-OH is 1. The Morgan fingerprint density at radius 2 is 1.73 bits per heavy atom. The van der Waals surface area contributed by atoms with Gasteiger partial charge in [0.25, 0.3) is 0 Å². The fraction of sp³-hybridized carbons (Fsp3) is 0.455. The topological polar surface area (TPSA) is 37.3 Å². The van der Waals surface area contributed by atoms with Crippen molar-refractivity contribution in [2.45, 2.75) is 42.7 Å². The monoisotopic (exact) mass is 390 g/mol. The number of halogens is 1. The van der Waals surface area contributed by atoms with Gasteiger partial charge in [-0.3, -0.25) is 4.21 Å². The SMILES string of the molecule is Cc1ccc(S(=O)[C@]2(Cl)[C@H](C(C)C)[C@]2(CO)CCc2ccccc2)cc1. The second-order valence-corrected chi connectivity index (χ2v) is 10.2. The third-order valence-corrected chi connectivity index (χ3v) is 8.68. The molecule has 1 N–H and O–H groups in total. The summed E-state index contributed by atoms with van der Waals surface area (Å²) < 4.78 is 12.5. The number of alkyl halides is 1. The predicted octanol–water partition coefficient (Wildman–Crippen LogP) is 4.94. The lowest BCUT2D eigenvalue weighted by atomic mass is 9.91. The van der Waals surface area contributed by atoms with E-state index in [4.69, 9.17) is 11.6 Å². The summed E-state index contributed by atoms with van der Waals surface area (Å²) in [4.78, 5) is 0.742. The van der Waals surface area contributed by atoms with E-state index in [9.17, 15) is 9.32 Å². The molecule has 0 bridgehead atoms. The van der Waals surface area contributed by atoms with Gasteiger partial charge in [-0.15, -0.1) is 11.6 Å². The van der Waals surface area contributed by atoms with E-state index in [-0.39, 0.29) is 18.4 Å². The first-order chi connectivity index (χ1) is 12.4. The Morgan fingerprint density at radius 1 is 1.12 bits per heavy atom. The van der Waals surface area contributed by atoms with Crippen LogP contribution in [0.15, 0.2) is 59.5 Å². The second kappa shape index (κ2) is 7.46. The van der Waals surface area contributed by atoms with Gasteiger partial charge in [0.2, 0.25) is 0 Å². The smallest absolute Gasteiger partial charge is 0.136 e. The maximum Gasteiger partial charge on any atom is 0.136 e. The van der Waals surface area contributed by atoms with Crippen LogP contribution in [-0.4, -0.2) is 20.1 Å². The molecule has 2 nitrogen and oxygen atoms in total. The van der Waals surface area contributed by atoms with Gasteiger partial charge in [-0.2, -0.15) is 0 Å². The number of hydrogen-bond acceptors (Lipinski definition) is 2. The van der Waals surface area contributed by atoms with Crippen LogP contribution in [0.5, 0.6) is 0 Å². The zero-order valence-electron chi connectivity index (χ0n) is 15.6. The van der Waals surface area contributed by atoms with Crippen molar-refractivity contribution in [3.63, 3.8) is 0 Å². The van der Waals surface area contributed by atoms with Gasteiger partial charge < -0.3 is 5.11 Å². The summed E-state index contributed by atoms with van der Waals surface area (Å²) in [7, 11) is -1.37. The molecule has 1 aliphatic carbocycles. The van der Waals surface area contributed by atoms with E-state index in [2.05, 4.69) is 26.0 Å². The Hall–Kier alpha value is -1.16. The van der Waals surface area contributed by atoms with Crippen LogP contribution in [-0.2, 0) is 17.2 Å². The lowest BCUT2D eigenvalue weighted by Gasteiger charge is -2.19. The quantitative estimate of drug-likeness (QED) is 0.680. The van der Waals surface area contributed by atoms with Crippen LogP contribution in [0.1, 0.15) is 31.4 Å². The molecular weight excluding hydrogens is 364 g/mol. The zero-order chi connectivity index (χ0) is 18.9. The number of hydrogen-bond donors (Lipinski definition) is 1. The third-order valence-electron chi connectivity index (χ3n) is 5.75. The molecule has 0 spiro atoms. The minimum atomic E-state index is -1.37. The van der Waals surface area contributed by atoms with Crippen molar-refractivity contribution >= 4 is 22.4 Å².